The zero-order chi connectivity index (χ0) is 15.8. The number of nitrogens with zero attached hydrogens (tertiary/aromatic N) is 1. The maximum atomic E-state index is 12.9. The van der Waals surface area contributed by atoms with Gasteiger partial charge in [-0.2, -0.15) is 0 Å². The lowest BCUT2D eigenvalue weighted by Gasteiger charge is -2.05. The summed E-state index contributed by atoms with van der Waals surface area (Å²) in [5.74, 6) is -2.31. The Kier molecular flexibility index (Phi) is 6.25. The van der Waals surface area contributed by atoms with Crippen molar-refractivity contribution in [2.45, 2.75) is 25.7 Å². The van der Waals surface area contributed by atoms with Crippen LogP contribution in [0.15, 0.2) is 18.2 Å². The van der Waals surface area contributed by atoms with E-state index in [9.17, 15) is 24.1 Å². The third kappa shape index (κ3) is 5.55. The van der Waals surface area contributed by atoms with Gasteiger partial charge in [0.1, 0.15) is 11.4 Å². The topological polar surface area (TPSA) is 110 Å². The Hall–Kier alpha value is -2.51. The molecule has 0 atom stereocenters. The Morgan fingerprint density at radius 1 is 1.29 bits per heavy atom. The number of hydrogen-bond donors (Lipinski definition) is 2. The molecule has 0 saturated carbocycles. The van der Waals surface area contributed by atoms with Gasteiger partial charge in [-0.05, 0) is 25.0 Å². The Bertz CT molecular complexity index is 547. The molecule has 21 heavy (non-hydrogen) atoms. The van der Waals surface area contributed by atoms with Crippen molar-refractivity contribution in [1.82, 2.24) is 5.32 Å². The van der Waals surface area contributed by atoms with E-state index in [1.165, 1.54) is 0 Å². The van der Waals surface area contributed by atoms with E-state index in [4.69, 9.17) is 5.11 Å². The molecule has 0 radical (unpaired) electrons. The highest BCUT2D eigenvalue weighted by Crippen LogP contribution is 2.19. The van der Waals surface area contributed by atoms with Crippen LogP contribution in [0.4, 0.5) is 10.1 Å². The second kappa shape index (κ2) is 7.93. The molecule has 114 valence electrons. The summed E-state index contributed by atoms with van der Waals surface area (Å²) in [6.07, 6.45) is 1.76. The zero-order valence-corrected chi connectivity index (χ0v) is 11.2. The molecule has 0 spiro atoms. The quantitative estimate of drug-likeness (QED) is 0.434. The van der Waals surface area contributed by atoms with Gasteiger partial charge in [0.05, 0.1) is 11.0 Å². The first-order valence-corrected chi connectivity index (χ1v) is 6.35. The fraction of sp³-hybridized carbons (Fsp3) is 0.385. The van der Waals surface area contributed by atoms with Crippen molar-refractivity contribution < 1.29 is 24.0 Å². The van der Waals surface area contributed by atoms with Gasteiger partial charge in [0.25, 0.3) is 11.6 Å². The normalized spacial score (nSPS) is 10.1. The number of unbranched alkanes of at least 4 members (excludes halogenated alkanes) is 2. The maximum Gasteiger partial charge on any atom is 0.303 e. The molecule has 7 nitrogen and oxygen atoms in total. The molecule has 0 saturated heterocycles. The third-order valence-electron chi connectivity index (χ3n) is 2.75. The summed E-state index contributed by atoms with van der Waals surface area (Å²) >= 11 is 0. The van der Waals surface area contributed by atoms with Crippen LogP contribution in [0.5, 0.6) is 0 Å². The number of nitro benzene ring substituents is 1. The Labute approximate surface area is 119 Å². The number of hydrogen-bond acceptors (Lipinski definition) is 4. The van der Waals surface area contributed by atoms with Gasteiger partial charge >= 0.3 is 5.97 Å². The molecule has 8 heteroatoms. The molecular formula is C13H15FN2O5. The molecule has 0 fully saturated rings. The molecule has 0 aliphatic carbocycles. The number of nitro groups is 1. The number of carbonyl (C=O) groups is 2. The number of carboxylic acids is 1. The largest absolute Gasteiger partial charge is 0.481 e. The smallest absolute Gasteiger partial charge is 0.303 e. The number of carbonyl (C=O) groups excluding carboxylic acids is 1. The average molecular weight is 298 g/mol. The van der Waals surface area contributed by atoms with E-state index in [2.05, 4.69) is 5.32 Å². The summed E-state index contributed by atoms with van der Waals surface area (Å²) in [6, 6.07) is 2.74. The van der Waals surface area contributed by atoms with E-state index < -0.39 is 28.3 Å². The minimum absolute atomic E-state index is 0.0668. The lowest BCUT2D eigenvalue weighted by molar-refractivity contribution is -0.385. The molecule has 2 N–H and O–H groups in total. The Morgan fingerprint density at radius 2 is 2.00 bits per heavy atom. The van der Waals surface area contributed by atoms with Crippen LogP contribution >= 0.6 is 0 Å². The van der Waals surface area contributed by atoms with Crippen molar-refractivity contribution >= 4 is 17.6 Å². The first kappa shape index (κ1) is 16.5. The van der Waals surface area contributed by atoms with Crippen LogP contribution < -0.4 is 5.32 Å². The zero-order valence-electron chi connectivity index (χ0n) is 11.2. The molecule has 0 aliphatic heterocycles. The Morgan fingerprint density at radius 3 is 2.62 bits per heavy atom. The molecule has 0 bridgehead atoms. The van der Waals surface area contributed by atoms with E-state index >= 15 is 0 Å². The molecule has 1 amide bonds. The van der Waals surface area contributed by atoms with Gasteiger partial charge in [-0.1, -0.05) is 6.42 Å². The predicted octanol–water partition coefficient (Wildman–Crippen LogP) is 2.11. The van der Waals surface area contributed by atoms with Crippen LogP contribution in [0.3, 0.4) is 0 Å². The van der Waals surface area contributed by atoms with Crippen LogP contribution in [-0.4, -0.2) is 28.5 Å². The van der Waals surface area contributed by atoms with E-state index in [1.54, 1.807) is 0 Å². The van der Waals surface area contributed by atoms with E-state index in [-0.39, 0.29) is 18.5 Å². The fourth-order valence-corrected chi connectivity index (χ4v) is 1.72. The van der Waals surface area contributed by atoms with E-state index in [1.807, 2.05) is 0 Å². The van der Waals surface area contributed by atoms with Gasteiger partial charge in [0.15, 0.2) is 0 Å². The van der Waals surface area contributed by atoms with Crippen molar-refractivity contribution in [3.8, 4) is 0 Å². The summed E-state index contributed by atoms with van der Waals surface area (Å²) < 4.78 is 12.9. The van der Waals surface area contributed by atoms with E-state index in [0.717, 1.165) is 12.1 Å². The van der Waals surface area contributed by atoms with Gasteiger partial charge < -0.3 is 10.4 Å². The summed E-state index contributed by atoms with van der Waals surface area (Å²) in [5, 5.41) is 21.7. The highest BCUT2D eigenvalue weighted by molar-refractivity contribution is 5.98. The highest BCUT2D eigenvalue weighted by Gasteiger charge is 2.20. The molecule has 0 unspecified atom stereocenters. The van der Waals surface area contributed by atoms with Gasteiger partial charge in [-0.25, -0.2) is 4.39 Å². The third-order valence-corrected chi connectivity index (χ3v) is 2.75. The average Bonchev–Trinajstić information content (AvgIpc) is 2.41. The van der Waals surface area contributed by atoms with Gasteiger partial charge in [-0.15, -0.1) is 0 Å². The molecule has 1 rings (SSSR count). The summed E-state index contributed by atoms with van der Waals surface area (Å²) in [7, 11) is 0. The number of nitrogens with one attached hydrogen (secondary N) is 1. The first-order valence-electron chi connectivity index (χ1n) is 6.35. The van der Waals surface area contributed by atoms with Gasteiger partial charge in [0, 0.05) is 13.0 Å². The van der Waals surface area contributed by atoms with Crippen LogP contribution in [0.25, 0.3) is 0 Å². The molecule has 1 aromatic rings. The lowest BCUT2D eigenvalue weighted by Crippen LogP contribution is -2.25. The molecule has 1 aromatic carbocycles. The molecule has 0 heterocycles. The van der Waals surface area contributed by atoms with Gasteiger partial charge in [-0.3, -0.25) is 19.7 Å². The number of benzene rings is 1. The van der Waals surface area contributed by atoms with Crippen LogP contribution in [0.1, 0.15) is 36.0 Å². The van der Waals surface area contributed by atoms with Crippen LogP contribution in [-0.2, 0) is 4.79 Å². The maximum absolute atomic E-state index is 12.9. The second-order valence-electron chi connectivity index (χ2n) is 4.38. The van der Waals surface area contributed by atoms with Crippen molar-refractivity contribution in [3.63, 3.8) is 0 Å². The Balaban J connectivity index is 2.49. The van der Waals surface area contributed by atoms with Crippen molar-refractivity contribution in [3.05, 3.63) is 39.7 Å². The number of rotatable bonds is 8. The molecule has 0 aromatic heterocycles. The number of aliphatic carboxylic acids is 1. The number of carboxylic acid groups (broad SMARTS) is 1. The van der Waals surface area contributed by atoms with Crippen LogP contribution in [0, 0.1) is 15.9 Å². The van der Waals surface area contributed by atoms with E-state index in [0.29, 0.717) is 25.3 Å². The molecule has 0 aliphatic rings. The second-order valence-corrected chi connectivity index (χ2v) is 4.38. The number of halogens is 1. The fourth-order valence-electron chi connectivity index (χ4n) is 1.72. The van der Waals surface area contributed by atoms with Gasteiger partial charge in [0.2, 0.25) is 0 Å². The van der Waals surface area contributed by atoms with Crippen molar-refractivity contribution in [1.29, 1.82) is 0 Å². The highest BCUT2D eigenvalue weighted by atomic mass is 19.1. The summed E-state index contributed by atoms with van der Waals surface area (Å²) in [4.78, 5) is 32.0. The summed E-state index contributed by atoms with van der Waals surface area (Å²) in [6.45, 7) is 0.271. The SMILES string of the molecule is O=C(O)CCCCCNC(=O)c1ccc(F)cc1[N+](=O)[O-]. The standard InChI is InChI=1S/C13H15FN2O5/c14-9-5-6-10(11(8-9)16(20)21)13(19)15-7-3-1-2-4-12(17)18/h5-6,8H,1-4,7H2,(H,15,19)(H,17,18). The minimum Gasteiger partial charge on any atom is -0.481 e. The van der Waals surface area contributed by atoms with Crippen LogP contribution in [0.2, 0.25) is 0 Å². The number of amides is 1. The summed E-state index contributed by atoms with van der Waals surface area (Å²) in [5.41, 5.74) is -0.787. The monoisotopic (exact) mass is 298 g/mol. The van der Waals surface area contributed by atoms with Crippen molar-refractivity contribution in [2.75, 3.05) is 6.54 Å². The van der Waals surface area contributed by atoms with Crippen molar-refractivity contribution in [2.24, 2.45) is 0 Å². The first-order chi connectivity index (χ1) is 9.91. The minimum atomic E-state index is -0.874. The molecular weight excluding hydrogens is 283 g/mol. The predicted molar refractivity (Wildman–Crippen MR) is 71.5 cm³/mol. The lowest BCUT2D eigenvalue weighted by atomic mass is 10.1.